The molecule has 4 heteroatoms. The molecule has 90 valence electrons. The molecule has 0 atom stereocenters. The highest BCUT2D eigenvalue weighted by molar-refractivity contribution is 9.10. The van der Waals surface area contributed by atoms with Crippen LogP contribution < -0.4 is 4.90 Å². The van der Waals surface area contributed by atoms with Gasteiger partial charge in [-0.3, -0.25) is 0 Å². The van der Waals surface area contributed by atoms with E-state index in [0.717, 1.165) is 21.8 Å². The number of aromatic nitrogens is 1. The van der Waals surface area contributed by atoms with Crippen LogP contribution in [0.15, 0.2) is 33.3 Å². The van der Waals surface area contributed by atoms with Gasteiger partial charge in [-0.2, -0.15) is 0 Å². The molecule has 2 rings (SSSR count). The van der Waals surface area contributed by atoms with Crippen LogP contribution in [0.3, 0.4) is 0 Å². The maximum atomic E-state index is 5.56. The van der Waals surface area contributed by atoms with Gasteiger partial charge in [0.2, 0.25) is 0 Å². The van der Waals surface area contributed by atoms with Gasteiger partial charge < -0.3 is 9.32 Å². The summed E-state index contributed by atoms with van der Waals surface area (Å²) in [5.41, 5.74) is 1.18. The predicted molar refractivity (Wildman–Crippen MR) is 72.2 cm³/mol. The molecule has 0 aliphatic carbocycles. The Morgan fingerprint density at radius 1 is 1.29 bits per heavy atom. The van der Waals surface area contributed by atoms with Crippen molar-refractivity contribution in [1.29, 1.82) is 0 Å². The first-order chi connectivity index (χ1) is 8.08. The molecule has 0 spiro atoms. The average Bonchev–Trinajstić information content (AvgIpc) is 2.68. The third-order valence-electron chi connectivity index (χ3n) is 2.61. The van der Waals surface area contributed by atoms with E-state index in [1.165, 1.54) is 5.56 Å². The van der Waals surface area contributed by atoms with Crippen molar-refractivity contribution >= 4 is 21.7 Å². The molecule has 2 heterocycles. The summed E-state index contributed by atoms with van der Waals surface area (Å²) >= 11 is 3.56. The van der Waals surface area contributed by atoms with Gasteiger partial charge in [0.15, 0.2) is 0 Å². The van der Waals surface area contributed by atoms with Crippen LogP contribution in [0.4, 0.5) is 5.82 Å². The van der Waals surface area contributed by atoms with E-state index in [4.69, 9.17) is 4.42 Å². The number of rotatable bonds is 3. The summed E-state index contributed by atoms with van der Waals surface area (Å²) in [5.74, 6) is 2.81. The SMILES string of the molecule is Cc1ccc(CN(C)c2nccc(C)c2Br)o1. The number of hydrogen-bond acceptors (Lipinski definition) is 3. The van der Waals surface area contributed by atoms with E-state index in [2.05, 4.69) is 32.7 Å². The van der Waals surface area contributed by atoms with Crippen molar-refractivity contribution < 1.29 is 4.42 Å². The largest absolute Gasteiger partial charge is 0.464 e. The molecule has 0 N–H and O–H groups in total. The minimum atomic E-state index is 0.711. The topological polar surface area (TPSA) is 29.3 Å². The van der Waals surface area contributed by atoms with Gasteiger partial charge in [0, 0.05) is 13.2 Å². The first-order valence-electron chi connectivity index (χ1n) is 5.45. The zero-order valence-electron chi connectivity index (χ0n) is 10.2. The van der Waals surface area contributed by atoms with Gasteiger partial charge >= 0.3 is 0 Å². The van der Waals surface area contributed by atoms with Crippen molar-refractivity contribution in [2.45, 2.75) is 20.4 Å². The Balaban J connectivity index is 2.20. The number of pyridine rings is 1. The van der Waals surface area contributed by atoms with Crippen molar-refractivity contribution in [3.8, 4) is 0 Å². The minimum absolute atomic E-state index is 0.711. The first-order valence-corrected chi connectivity index (χ1v) is 6.25. The van der Waals surface area contributed by atoms with Crippen LogP contribution in [0.5, 0.6) is 0 Å². The first kappa shape index (κ1) is 12.2. The lowest BCUT2D eigenvalue weighted by atomic mass is 10.3. The fourth-order valence-electron chi connectivity index (χ4n) is 1.67. The third-order valence-corrected chi connectivity index (χ3v) is 3.59. The van der Waals surface area contributed by atoms with Crippen LogP contribution in [-0.2, 0) is 6.54 Å². The number of halogens is 1. The number of furan rings is 1. The van der Waals surface area contributed by atoms with Gasteiger partial charge in [-0.05, 0) is 53.5 Å². The van der Waals surface area contributed by atoms with E-state index >= 15 is 0 Å². The lowest BCUT2D eigenvalue weighted by molar-refractivity contribution is 0.481. The van der Waals surface area contributed by atoms with Crippen LogP contribution >= 0.6 is 15.9 Å². The summed E-state index contributed by atoms with van der Waals surface area (Å²) in [7, 11) is 2.00. The number of aryl methyl sites for hydroxylation is 2. The highest BCUT2D eigenvalue weighted by Crippen LogP contribution is 2.27. The zero-order valence-corrected chi connectivity index (χ0v) is 11.8. The van der Waals surface area contributed by atoms with Crippen LogP contribution in [0.1, 0.15) is 17.1 Å². The van der Waals surface area contributed by atoms with E-state index in [1.807, 2.05) is 38.4 Å². The van der Waals surface area contributed by atoms with Gasteiger partial charge in [-0.15, -0.1) is 0 Å². The van der Waals surface area contributed by atoms with Gasteiger partial charge in [0.25, 0.3) is 0 Å². The lowest BCUT2D eigenvalue weighted by Crippen LogP contribution is -2.18. The minimum Gasteiger partial charge on any atom is -0.464 e. The Bertz CT molecular complexity index is 522. The molecule has 0 bridgehead atoms. The monoisotopic (exact) mass is 294 g/mol. The number of anilines is 1. The van der Waals surface area contributed by atoms with Crippen molar-refractivity contribution in [3.63, 3.8) is 0 Å². The fourth-order valence-corrected chi connectivity index (χ4v) is 2.21. The summed E-state index contributed by atoms with van der Waals surface area (Å²) < 4.78 is 6.59. The van der Waals surface area contributed by atoms with Crippen molar-refractivity contribution in [2.75, 3.05) is 11.9 Å². The molecule has 0 aliphatic heterocycles. The molecular formula is C13H15BrN2O. The highest BCUT2D eigenvalue weighted by atomic mass is 79.9. The van der Waals surface area contributed by atoms with E-state index < -0.39 is 0 Å². The predicted octanol–water partition coefficient (Wildman–Crippen LogP) is 3.69. The van der Waals surface area contributed by atoms with Crippen molar-refractivity contribution in [1.82, 2.24) is 4.98 Å². The normalized spacial score (nSPS) is 10.6. The molecule has 3 nitrogen and oxygen atoms in total. The summed E-state index contributed by atoms with van der Waals surface area (Å²) in [6, 6.07) is 5.95. The average molecular weight is 295 g/mol. The molecule has 0 radical (unpaired) electrons. The quantitative estimate of drug-likeness (QED) is 0.865. The Labute approximate surface area is 110 Å². The molecule has 0 fully saturated rings. The van der Waals surface area contributed by atoms with Gasteiger partial charge in [-0.25, -0.2) is 4.98 Å². The molecule has 0 amide bonds. The van der Waals surface area contributed by atoms with Gasteiger partial charge in [0.05, 0.1) is 11.0 Å². The highest BCUT2D eigenvalue weighted by Gasteiger charge is 2.11. The Kier molecular flexibility index (Phi) is 3.52. The molecule has 0 aliphatic rings. The molecule has 0 saturated heterocycles. The molecule has 0 unspecified atom stereocenters. The van der Waals surface area contributed by atoms with Crippen LogP contribution in [-0.4, -0.2) is 12.0 Å². The second-order valence-electron chi connectivity index (χ2n) is 4.13. The maximum Gasteiger partial charge on any atom is 0.143 e. The second-order valence-corrected chi connectivity index (χ2v) is 4.93. The van der Waals surface area contributed by atoms with E-state index in [9.17, 15) is 0 Å². The maximum absolute atomic E-state index is 5.56. The number of hydrogen-bond donors (Lipinski definition) is 0. The van der Waals surface area contributed by atoms with Crippen molar-refractivity contribution in [2.24, 2.45) is 0 Å². The summed E-state index contributed by atoms with van der Waals surface area (Å²) in [5, 5.41) is 0. The molecule has 2 aromatic heterocycles. The van der Waals surface area contributed by atoms with Gasteiger partial charge in [0.1, 0.15) is 17.3 Å². The Hall–Kier alpha value is -1.29. The van der Waals surface area contributed by atoms with Crippen LogP contribution in [0.2, 0.25) is 0 Å². The molecule has 2 aromatic rings. The van der Waals surface area contributed by atoms with Crippen LogP contribution in [0.25, 0.3) is 0 Å². The molecule has 0 aromatic carbocycles. The smallest absolute Gasteiger partial charge is 0.143 e. The summed E-state index contributed by atoms with van der Waals surface area (Å²) in [6.45, 7) is 4.72. The second kappa shape index (κ2) is 4.92. The van der Waals surface area contributed by atoms with E-state index in [0.29, 0.717) is 6.54 Å². The van der Waals surface area contributed by atoms with Crippen LogP contribution in [0, 0.1) is 13.8 Å². The van der Waals surface area contributed by atoms with E-state index in [1.54, 1.807) is 0 Å². The number of nitrogens with zero attached hydrogens (tertiary/aromatic N) is 2. The summed E-state index contributed by atoms with van der Waals surface area (Å²) in [4.78, 5) is 6.44. The molecule has 17 heavy (non-hydrogen) atoms. The summed E-state index contributed by atoms with van der Waals surface area (Å²) in [6.07, 6.45) is 1.82. The van der Waals surface area contributed by atoms with Crippen molar-refractivity contribution in [3.05, 3.63) is 46.0 Å². The molecule has 0 saturated carbocycles. The van der Waals surface area contributed by atoms with E-state index in [-0.39, 0.29) is 0 Å². The fraction of sp³-hybridized carbons (Fsp3) is 0.308. The standard InChI is InChI=1S/C13H15BrN2O/c1-9-6-7-15-13(12(9)14)16(3)8-11-5-4-10(2)17-11/h4-7H,8H2,1-3H3. The zero-order chi connectivity index (χ0) is 12.4. The molecular weight excluding hydrogens is 280 g/mol. The Morgan fingerprint density at radius 3 is 2.71 bits per heavy atom. The lowest BCUT2D eigenvalue weighted by Gasteiger charge is -2.18. The van der Waals surface area contributed by atoms with Gasteiger partial charge in [-0.1, -0.05) is 0 Å². The Morgan fingerprint density at radius 2 is 2.06 bits per heavy atom. The third kappa shape index (κ3) is 2.69.